The van der Waals surface area contributed by atoms with Crippen molar-refractivity contribution in [1.29, 1.82) is 0 Å². The lowest BCUT2D eigenvalue weighted by Gasteiger charge is -2.08. The molecular formula is C32H40N4O. The van der Waals surface area contributed by atoms with Gasteiger partial charge in [0.15, 0.2) is 0 Å². The monoisotopic (exact) mass is 496 g/mol. The minimum atomic E-state index is -0.0368. The van der Waals surface area contributed by atoms with Crippen molar-refractivity contribution in [3.05, 3.63) is 110 Å². The Morgan fingerprint density at radius 1 is 1.03 bits per heavy atom. The zero-order chi connectivity index (χ0) is 28.1. The first-order chi connectivity index (χ1) is 18.0. The normalized spacial score (nSPS) is 9.46. The Hall–Kier alpha value is -4.43. The molecule has 0 bridgehead atoms. The molecule has 0 aliphatic rings. The molecule has 0 radical (unpaired) electrons. The SMILES string of the molecule is C#CC.C=C.C=C/C(=C\CC)Nc1ncc(-c2ccc(CC(=O)Nc3cccc(C)c3)cc2)cn1.CC. The maximum Gasteiger partial charge on any atom is 0.228 e. The maximum absolute atomic E-state index is 12.3. The summed E-state index contributed by atoms with van der Waals surface area (Å²) >= 11 is 0. The number of amides is 1. The first-order valence-electron chi connectivity index (χ1n) is 12.2. The van der Waals surface area contributed by atoms with Crippen LogP contribution in [0.25, 0.3) is 11.1 Å². The number of carbonyl (C=O) groups is 1. The highest BCUT2D eigenvalue weighted by Gasteiger charge is 2.06. The molecule has 0 fully saturated rings. The van der Waals surface area contributed by atoms with Crippen LogP contribution in [0.3, 0.4) is 0 Å². The number of nitrogens with one attached hydrogen (secondary N) is 2. The van der Waals surface area contributed by atoms with Gasteiger partial charge in [-0.15, -0.1) is 25.5 Å². The third-order valence-electron chi connectivity index (χ3n) is 4.51. The topological polar surface area (TPSA) is 66.9 Å². The minimum absolute atomic E-state index is 0.0368. The van der Waals surface area contributed by atoms with Crippen molar-refractivity contribution < 1.29 is 4.79 Å². The fourth-order valence-corrected chi connectivity index (χ4v) is 3.00. The number of carbonyl (C=O) groups excluding carboxylic acids is 1. The van der Waals surface area contributed by atoms with Crippen molar-refractivity contribution in [3.63, 3.8) is 0 Å². The molecule has 2 N–H and O–H groups in total. The number of terminal acetylenes is 1. The molecular weight excluding hydrogens is 456 g/mol. The molecule has 5 heteroatoms. The van der Waals surface area contributed by atoms with Gasteiger partial charge in [0.05, 0.1) is 6.42 Å². The predicted octanol–water partition coefficient (Wildman–Crippen LogP) is 7.99. The van der Waals surface area contributed by atoms with Gasteiger partial charge in [0.25, 0.3) is 0 Å². The predicted molar refractivity (Wildman–Crippen MR) is 160 cm³/mol. The number of rotatable bonds is 8. The molecule has 1 aromatic heterocycles. The van der Waals surface area contributed by atoms with E-state index in [0.717, 1.165) is 40.1 Å². The summed E-state index contributed by atoms with van der Waals surface area (Å²) in [7, 11) is 0. The van der Waals surface area contributed by atoms with E-state index in [1.165, 1.54) is 0 Å². The van der Waals surface area contributed by atoms with Crippen LogP contribution >= 0.6 is 0 Å². The summed E-state index contributed by atoms with van der Waals surface area (Å²) in [5, 5.41) is 6.07. The summed E-state index contributed by atoms with van der Waals surface area (Å²) in [4.78, 5) is 21.0. The molecule has 0 atom stereocenters. The number of hydrogen-bond acceptors (Lipinski definition) is 4. The van der Waals surface area contributed by atoms with Crippen LogP contribution in [0.5, 0.6) is 0 Å². The molecule has 5 nitrogen and oxygen atoms in total. The summed E-state index contributed by atoms with van der Waals surface area (Å²) in [6.07, 6.45) is 13.2. The van der Waals surface area contributed by atoms with Gasteiger partial charge in [0, 0.05) is 29.3 Å². The Kier molecular flexibility index (Phi) is 17.5. The van der Waals surface area contributed by atoms with Crippen molar-refractivity contribution in [1.82, 2.24) is 9.97 Å². The number of anilines is 2. The molecule has 3 rings (SSSR count). The Labute approximate surface area is 223 Å². The third kappa shape index (κ3) is 12.7. The van der Waals surface area contributed by atoms with Crippen LogP contribution in [0.15, 0.2) is 98.5 Å². The summed E-state index contributed by atoms with van der Waals surface area (Å²) in [5.74, 6) is 2.74. The van der Waals surface area contributed by atoms with Gasteiger partial charge in [-0.2, -0.15) is 0 Å². The van der Waals surface area contributed by atoms with Crippen molar-refractivity contribution in [2.45, 2.75) is 47.5 Å². The van der Waals surface area contributed by atoms with Gasteiger partial charge in [-0.1, -0.05) is 69.8 Å². The van der Waals surface area contributed by atoms with Crippen LogP contribution in [-0.2, 0) is 11.2 Å². The number of aromatic nitrogens is 2. The van der Waals surface area contributed by atoms with Gasteiger partial charge in [-0.25, -0.2) is 9.97 Å². The van der Waals surface area contributed by atoms with E-state index in [1.807, 2.05) is 75.4 Å². The second-order valence-electron chi connectivity index (χ2n) is 7.27. The highest BCUT2D eigenvalue weighted by molar-refractivity contribution is 5.92. The quantitative estimate of drug-likeness (QED) is 0.188. The summed E-state index contributed by atoms with van der Waals surface area (Å²) in [6, 6.07) is 15.6. The molecule has 37 heavy (non-hydrogen) atoms. The summed E-state index contributed by atoms with van der Waals surface area (Å²) < 4.78 is 0. The number of aryl methyl sites for hydroxylation is 1. The van der Waals surface area contributed by atoms with Gasteiger partial charge in [0.2, 0.25) is 11.9 Å². The number of benzene rings is 2. The van der Waals surface area contributed by atoms with E-state index in [4.69, 9.17) is 0 Å². The zero-order valence-electron chi connectivity index (χ0n) is 22.8. The van der Waals surface area contributed by atoms with E-state index in [-0.39, 0.29) is 5.91 Å². The second-order valence-corrected chi connectivity index (χ2v) is 7.27. The lowest BCUT2D eigenvalue weighted by Crippen LogP contribution is -2.14. The van der Waals surface area contributed by atoms with E-state index in [1.54, 1.807) is 25.4 Å². The summed E-state index contributed by atoms with van der Waals surface area (Å²) in [6.45, 7) is 19.5. The van der Waals surface area contributed by atoms with Crippen molar-refractivity contribution in [3.8, 4) is 23.5 Å². The van der Waals surface area contributed by atoms with E-state index in [2.05, 4.69) is 59.6 Å². The van der Waals surface area contributed by atoms with Crippen LogP contribution in [0.4, 0.5) is 11.6 Å². The fourth-order valence-electron chi connectivity index (χ4n) is 3.00. The van der Waals surface area contributed by atoms with Crippen LogP contribution < -0.4 is 10.6 Å². The van der Waals surface area contributed by atoms with Gasteiger partial charge in [0.1, 0.15) is 0 Å². The largest absolute Gasteiger partial charge is 0.326 e. The highest BCUT2D eigenvalue weighted by Crippen LogP contribution is 2.20. The maximum atomic E-state index is 12.3. The van der Waals surface area contributed by atoms with E-state index in [9.17, 15) is 4.79 Å². The molecule has 194 valence electrons. The molecule has 1 heterocycles. The van der Waals surface area contributed by atoms with Crippen LogP contribution in [-0.4, -0.2) is 15.9 Å². The molecule has 2 aromatic carbocycles. The van der Waals surface area contributed by atoms with Crippen molar-refractivity contribution >= 4 is 17.5 Å². The molecule has 0 saturated carbocycles. The lowest BCUT2D eigenvalue weighted by atomic mass is 10.0. The van der Waals surface area contributed by atoms with Crippen LogP contribution in [0.1, 0.15) is 45.2 Å². The van der Waals surface area contributed by atoms with E-state index in [0.29, 0.717) is 12.4 Å². The summed E-state index contributed by atoms with van der Waals surface area (Å²) in [5.41, 5.74) is 5.67. The molecule has 3 aromatic rings. The molecule has 1 amide bonds. The second kappa shape index (κ2) is 19.8. The average molecular weight is 497 g/mol. The highest BCUT2D eigenvalue weighted by atomic mass is 16.1. The van der Waals surface area contributed by atoms with Crippen LogP contribution in [0, 0.1) is 19.3 Å². The van der Waals surface area contributed by atoms with Crippen LogP contribution in [0.2, 0.25) is 0 Å². The molecule has 0 spiro atoms. The Morgan fingerprint density at radius 3 is 2.14 bits per heavy atom. The lowest BCUT2D eigenvalue weighted by molar-refractivity contribution is -0.115. The van der Waals surface area contributed by atoms with Gasteiger partial charge in [-0.3, -0.25) is 4.79 Å². The first kappa shape index (κ1) is 32.6. The Morgan fingerprint density at radius 2 is 1.62 bits per heavy atom. The van der Waals surface area contributed by atoms with Crippen molar-refractivity contribution in [2.75, 3.05) is 10.6 Å². The average Bonchev–Trinajstić information content (AvgIpc) is 2.92. The molecule has 0 saturated heterocycles. The standard InChI is InChI=1S/C25H26N4O.C3H4.C2H6.C2H4/c1-4-7-22(5-2)29-25-26-16-21(17-27-25)20-12-10-19(11-13-20)15-24(30)28-23-9-6-8-18(3)14-23;1-3-2;2*1-2/h5-14,16-17H,2,4,15H2,1,3H3,(H,28,30)(H,26,27,29);1H,2H3;1-2H3;1-2H2/b22-7+;;;. The third-order valence-corrected chi connectivity index (χ3v) is 4.51. The molecule has 0 aliphatic carbocycles. The molecule has 0 aliphatic heterocycles. The van der Waals surface area contributed by atoms with Crippen molar-refractivity contribution in [2.24, 2.45) is 0 Å². The Balaban J connectivity index is 0.00000169. The first-order valence-corrected chi connectivity index (χ1v) is 12.2. The zero-order valence-corrected chi connectivity index (χ0v) is 22.8. The smallest absolute Gasteiger partial charge is 0.228 e. The van der Waals surface area contributed by atoms with Gasteiger partial charge >= 0.3 is 0 Å². The number of allylic oxidation sites excluding steroid dienone is 2. The number of nitrogens with zero attached hydrogens (tertiary/aromatic N) is 2. The van der Waals surface area contributed by atoms with Gasteiger partial charge < -0.3 is 10.6 Å². The fraction of sp³-hybridized carbons (Fsp3) is 0.219. The molecule has 0 unspecified atom stereocenters. The Bertz CT molecular complexity index is 1140. The van der Waals surface area contributed by atoms with E-state index < -0.39 is 0 Å². The number of hydrogen-bond donors (Lipinski definition) is 2. The van der Waals surface area contributed by atoms with E-state index >= 15 is 0 Å². The minimum Gasteiger partial charge on any atom is -0.326 e. The van der Waals surface area contributed by atoms with Gasteiger partial charge in [-0.05, 0) is 55.2 Å².